The summed E-state index contributed by atoms with van der Waals surface area (Å²) in [5.74, 6) is 0.963. The highest BCUT2D eigenvalue weighted by molar-refractivity contribution is 7.89. The molecule has 4 nitrogen and oxygen atoms in total. The van der Waals surface area contributed by atoms with Crippen LogP contribution in [0.15, 0.2) is 29.2 Å². The second-order valence-electron chi connectivity index (χ2n) is 5.49. The monoisotopic (exact) mass is 282 g/mol. The van der Waals surface area contributed by atoms with Gasteiger partial charge in [-0.05, 0) is 42.4 Å². The highest BCUT2D eigenvalue weighted by atomic mass is 32.2. The molecule has 1 aliphatic carbocycles. The number of benzene rings is 1. The van der Waals surface area contributed by atoms with Crippen molar-refractivity contribution in [1.29, 1.82) is 0 Å². The Kier molecular flexibility index (Phi) is 4.28. The van der Waals surface area contributed by atoms with Crippen molar-refractivity contribution in [1.82, 2.24) is 4.72 Å². The zero-order valence-corrected chi connectivity index (χ0v) is 12.3. The maximum absolute atomic E-state index is 12.3. The summed E-state index contributed by atoms with van der Waals surface area (Å²) in [5, 5.41) is 0. The SMILES string of the molecule is CC1CCC(NS(=O)(=O)c2ccc(CN)cc2)C1C. The molecule has 2 rings (SSSR count). The quantitative estimate of drug-likeness (QED) is 0.885. The molecule has 1 aromatic rings. The summed E-state index contributed by atoms with van der Waals surface area (Å²) >= 11 is 0. The molecular formula is C14H22N2O2S. The minimum Gasteiger partial charge on any atom is -0.326 e. The van der Waals surface area contributed by atoms with E-state index >= 15 is 0 Å². The van der Waals surface area contributed by atoms with Crippen LogP contribution in [0.2, 0.25) is 0 Å². The number of rotatable bonds is 4. The molecule has 0 bridgehead atoms. The summed E-state index contributed by atoms with van der Waals surface area (Å²) in [4.78, 5) is 0.316. The van der Waals surface area contributed by atoms with E-state index in [1.807, 2.05) is 0 Å². The van der Waals surface area contributed by atoms with E-state index in [4.69, 9.17) is 5.73 Å². The van der Waals surface area contributed by atoms with E-state index in [-0.39, 0.29) is 6.04 Å². The fourth-order valence-electron chi connectivity index (χ4n) is 2.60. The molecule has 3 unspecified atom stereocenters. The molecule has 0 heterocycles. The molecule has 0 spiro atoms. The highest BCUT2D eigenvalue weighted by Gasteiger charge is 2.32. The van der Waals surface area contributed by atoms with Gasteiger partial charge in [-0.1, -0.05) is 26.0 Å². The lowest BCUT2D eigenvalue weighted by molar-refractivity contribution is 0.402. The van der Waals surface area contributed by atoms with Gasteiger partial charge in [0, 0.05) is 12.6 Å². The normalized spacial score (nSPS) is 27.6. The van der Waals surface area contributed by atoms with Gasteiger partial charge < -0.3 is 5.73 Å². The van der Waals surface area contributed by atoms with Crippen LogP contribution in [0, 0.1) is 11.8 Å². The van der Waals surface area contributed by atoms with Crippen LogP contribution in [0.3, 0.4) is 0 Å². The minimum absolute atomic E-state index is 0.0502. The number of hydrogen-bond donors (Lipinski definition) is 2. The Bertz CT molecular complexity index is 525. The molecule has 0 saturated heterocycles. The predicted octanol–water partition coefficient (Wildman–Crippen LogP) is 1.86. The van der Waals surface area contributed by atoms with Gasteiger partial charge in [0.2, 0.25) is 10.0 Å². The first kappa shape index (κ1) is 14.5. The van der Waals surface area contributed by atoms with E-state index in [2.05, 4.69) is 18.6 Å². The Morgan fingerprint density at radius 1 is 1.21 bits per heavy atom. The molecular weight excluding hydrogens is 260 g/mol. The van der Waals surface area contributed by atoms with Gasteiger partial charge >= 0.3 is 0 Å². The van der Waals surface area contributed by atoms with Crippen LogP contribution >= 0.6 is 0 Å². The number of nitrogens with two attached hydrogens (primary N) is 1. The van der Waals surface area contributed by atoms with Gasteiger partial charge in [-0.15, -0.1) is 0 Å². The Hall–Kier alpha value is -0.910. The van der Waals surface area contributed by atoms with Crippen molar-refractivity contribution >= 4 is 10.0 Å². The summed E-state index contributed by atoms with van der Waals surface area (Å²) in [6.07, 6.45) is 2.00. The van der Waals surface area contributed by atoms with Crippen molar-refractivity contribution in [3.63, 3.8) is 0 Å². The molecule has 0 aliphatic heterocycles. The molecule has 1 aromatic carbocycles. The van der Waals surface area contributed by atoms with E-state index in [0.717, 1.165) is 18.4 Å². The lowest BCUT2D eigenvalue weighted by atomic mass is 9.98. The summed E-state index contributed by atoms with van der Waals surface area (Å²) < 4.78 is 27.4. The zero-order valence-electron chi connectivity index (χ0n) is 11.5. The standard InChI is InChI=1S/C14H22N2O2S/c1-10-3-8-14(11(10)2)16-19(17,18)13-6-4-12(9-15)5-7-13/h4-7,10-11,14,16H,3,8-9,15H2,1-2H3. The lowest BCUT2D eigenvalue weighted by Crippen LogP contribution is -2.37. The average molecular weight is 282 g/mol. The van der Waals surface area contributed by atoms with Crippen LogP contribution in [0.5, 0.6) is 0 Å². The topological polar surface area (TPSA) is 72.2 Å². The van der Waals surface area contributed by atoms with Crippen LogP contribution in [0.4, 0.5) is 0 Å². The second-order valence-corrected chi connectivity index (χ2v) is 7.20. The molecule has 3 N–H and O–H groups in total. The minimum atomic E-state index is -3.42. The van der Waals surface area contributed by atoms with E-state index in [1.165, 1.54) is 0 Å². The lowest BCUT2D eigenvalue weighted by Gasteiger charge is -2.19. The van der Waals surface area contributed by atoms with Crippen molar-refractivity contribution in [2.75, 3.05) is 0 Å². The van der Waals surface area contributed by atoms with Gasteiger partial charge in [-0.3, -0.25) is 0 Å². The van der Waals surface area contributed by atoms with Gasteiger partial charge in [0.25, 0.3) is 0 Å². The Morgan fingerprint density at radius 2 is 1.84 bits per heavy atom. The Labute approximate surface area is 115 Å². The van der Waals surface area contributed by atoms with Crippen molar-refractivity contribution in [3.8, 4) is 0 Å². The van der Waals surface area contributed by atoms with Crippen molar-refractivity contribution in [2.24, 2.45) is 17.6 Å². The Balaban J connectivity index is 2.13. The van der Waals surface area contributed by atoms with Crippen LogP contribution in [-0.4, -0.2) is 14.5 Å². The van der Waals surface area contributed by atoms with E-state index in [1.54, 1.807) is 24.3 Å². The summed E-state index contributed by atoms with van der Waals surface area (Å²) in [6.45, 7) is 4.71. The van der Waals surface area contributed by atoms with Gasteiger partial charge in [0.1, 0.15) is 0 Å². The van der Waals surface area contributed by atoms with Crippen LogP contribution in [0.1, 0.15) is 32.3 Å². The molecule has 0 aromatic heterocycles. The van der Waals surface area contributed by atoms with Crippen LogP contribution in [0.25, 0.3) is 0 Å². The first-order valence-corrected chi connectivity index (χ1v) is 8.23. The van der Waals surface area contributed by atoms with Crippen molar-refractivity contribution in [2.45, 2.75) is 44.2 Å². The molecule has 3 atom stereocenters. The van der Waals surface area contributed by atoms with Crippen LogP contribution < -0.4 is 10.5 Å². The zero-order chi connectivity index (χ0) is 14.0. The maximum Gasteiger partial charge on any atom is 0.240 e. The van der Waals surface area contributed by atoms with Gasteiger partial charge in [-0.25, -0.2) is 13.1 Å². The van der Waals surface area contributed by atoms with Gasteiger partial charge in [-0.2, -0.15) is 0 Å². The summed E-state index contributed by atoms with van der Waals surface area (Å²) in [7, 11) is -3.42. The Morgan fingerprint density at radius 3 is 2.32 bits per heavy atom. The van der Waals surface area contributed by atoms with Crippen molar-refractivity contribution < 1.29 is 8.42 Å². The maximum atomic E-state index is 12.3. The first-order valence-electron chi connectivity index (χ1n) is 6.75. The third kappa shape index (κ3) is 3.16. The van der Waals surface area contributed by atoms with Gasteiger partial charge in [0.15, 0.2) is 0 Å². The average Bonchev–Trinajstić information content (AvgIpc) is 2.70. The number of nitrogens with one attached hydrogen (secondary N) is 1. The largest absolute Gasteiger partial charge is 0.326 e. The molecule has 1 aliphatic rings. The number of sulfonamides is 1. The summed E-state index contributed by atoms with van der Waals surface area (Å²) in [5.41, 5.74) is 6.44. The van der Waals surface area contributed by atoms with E-state index < -0.39 is 10.0 Å². The molecule has 0 radical (unpaired) electrons. The van der Waals surface area contributed by atoms with E-state index in [0.29, 0.717) is 23.3 Å². The fourth-order valence-corrected chi connectivity index (χ4v) is 3.96. The fraction of sp³-hybridized carbons (Fsp3) is 0.571. The molecule has 1 fully saturated rings. The third-order valence-electron chi connectivity index (χ3n) is 4.24. The molecule has 5 heteroatoms. The van der Waals surface area contributed by atoms with Gasteiger partial charge in [0.05, 0.1) is 4.90 Å². The van der Waals surface area contributed by atoms with Crippen molar-refractivity contribution in [3.05, 3.63) is 29.8 Å². The summed E-state index contributed by atoms with van der Waals surface area (Å²) in [6, 6.07) is 6.81. The third-order valence-corrected chi connectivity index (χ3v) is 5.75. The molecule has 0 amide bonds. The predicted molar refractivity (Wildman–Crippen MR) is 76.0 cm³/mol. The van der Waals surface area contributed by atoms with E-state index in [9.17, 15) is 8.42 Å². The van der Waals surface area contributed by atoms with Crippen LogP contribution in [-0.2, 0) is 16.6 Å². The molecule has 1 saturated carbocycles. The number of hydrogen-bond acceptors (Lipinski definition) is 3. The highest BCUT2D eigenvalue weighted by Crippen LogP contribution is 2.32. The first-order chi connectivity index (χ1) is 8.94. The smallest absolute Gasteiger partial charge is 0.240 e. The second kappa shape index (κ2) is 5.61. The molecule has 19 heavy (non-hydrogen) atoms. The molecule has 106 valence electrons.